The summed E-state index contributed by atoms with van der Waals surface area (Å²) in [4.78, 5) is 23.1. The molecule has 1 atom stereocenters. The van der Waals surface area contributed by atoms with Crippen molar-refractivity contribution in [1.29, 1.82) is 0 Å². The van der Waals surface area contributed by atoms with Gasteiger partial charge in [0.1, 0.15) is 6.26 Å². The maximum absolute atomic E-state index is 12.2. The van der Waals surface area contributed by atoms with Crippen molar-refractivity contribution < 1.29 is 28.6 Å². The minimum Gasteiger partial charge on any atom is -0.493 e. The van der Waals surface area contributed by atoms with Gasteiger partial charge in [-0.25, -0.2) is 4.79 Å². The molecular weight excluding hydrogens is 338 g/mol. The Morgan fingerprint density at radius 3 is 2.65 bits per heavy atom. The van der Waals surface area contributed by atoms with E-state index >= 15 is 0 Å². The Labute approximate surface area is 151 Å². The summed E-state index contributed by atoms with van der Waals surface area (Å²) in [6.07, 6.45) is 3.03. The predicted molar refractivity (Wildman–Crippen MR) is 94.9 cm³/mol. The highest BCUT2D eigenvalue weighted by molar-refractivity contribution is 5.95. The van der Waals surface area contributed by atoms with E-state index in [4.69, 9.17) is 19.0 Å². The molecular formula is C19H23NO6. The molecule has 0 saturated heterocycles. The molecule has 0 bridgehead atoms. The maximum Gasteiger partial charge on any atom is 0.338 e. The summed E-state index contributed by atoms with van der Waals surface area (Å²) in [6, 6.07) is 6.31. The van der Waals surface area contributed by atoms with E-state index in [2.05, 4.69) is 12.2 Å². The molecule has 0 aliphatic rings. The number of hydrogen-bond acceptors (Lipinski definition) is 5. The number of hydrogen-bond donors (Lipinski definition) is 2. The van der Waals surface area contributed by atoms with Crippen LogP contribution in [-0.2, 0) is 0 Å². The number of nitrogens with one attached hydrogen (secondary N) is 1. The van der Waals surface area contributed by atoms with Crippen molar-refractivity contribution in [3.63, 3.8) is 0 Å². The van der Waals surface area contributed by atoms with E-state index in [1.54, 1.807) is 13.2 Å². The molecule has 7 heteroatoms. The van der Waals surface area contributed by atoms with Crippen LogP contribution in [0.15, 0.2) is 34.9 Å². The van der Waals surface area contributed by atoms with Crippen molar-refractivity contribution in [2.75, 3.05) is 13.7 Å². The van der Waals surface area contributed by atoms with Gasteiger partial charge in [0.05, 0.1) is 25.3 Å². The molecule has 0 spiro atoms. The van der Waals surface area contributed by atoms with Gasteiger partial charge in [-0.3, -0.25) is 4.79 Å². The van der Waals surface area contributed by atoms with Crippen molar-refractivity contribution in [2.45, 2.75) is 32.7 Å². The third kappa shape index (κ3) is 4.78. The third-order valence-corrected chi connectivity index (χ3v) is 3.86. The van der Waals surface area contributed by atoms with Crippen LogP contribution in [0, 0.1) is 0 Å². The summed E-state index contributed by atoms with van der Waals surface area (Å²) in [7, 11) is 1.56. The monoisotopic (exact) mass is 361 g/mol. The lowest BCUT2D eigenvalue weighted by Gasteiger charge is -2.16. The van der Waals surface area contributed by atoms with E-state index in [-0.39, 0.29) is 17.4 Å². The average molecular weight is 361 g/mol. The maximum atomic E-state index is 12.2. The van der Waals surface area contributed by atoms with Crippen LogP contribution in [0.2, 0.25) is 0 Å². The van der Waals surface area contributed by atoms with Gasteiger partial charge >= 0.3 is 5.97 Å². The first-order valence-corrected chi connectivity index (χ1v) is 8.39. The number of amides is 1. The van der Waals surface area contributed by atoms with Crippen LogP contribution >= 0.6 is 0 Å². The molecule has 0 aliphatic carbocycles. The Kier molecular flexibility index (Phi) is 6.66. The van der Waals surface area contributed by atoms with Gasteiger partial charge in [-0.1, -0.05) is 19.4 Å². The van der Waals surface area contributed by atoms with Gasteiger partial charge in [-0.15, -0.1) is 0 Å². The van der Waals surface area contributed by atoms with Crippen LogP contribution in [0.3, 0.4) is 0 Å². The van der Waals surface area contributed by atoms with E-state index in [0.29, 0.717) is 18.1 Å². The molecule has 0 saturated carbocycles. The second-order valence-electron chi connectivity index (χ2n) is 5.81. The van der Waals surface area contributed by atoms with E-state index in [0.717, 1.165) is 24.7 Å². The minimum atomic E-state index is -1.15. The Morgan fingerprint density at radius 2 is 2.04 bits per heavy atom. The standard InChI is InChI=1S/C19H23NO6/c1-4-5-8-25-15-7-6-13(9-16(15)24-3)12(2)20-18(21)17-10-14(11-26-17)19(22)23/h6-7,9-12H,4-5,8H2,1-3H3,(H,20,21)(H,22,23). The smallest absolute Gasteiger partial charge is 0.338 e. The van der Waals surface area contributed by atoms with Crippen molar-refractivity contribution in [1.82, 2.24) is 5.32 Å². The number of carbonyl (C=O) groups excluding carboxylic acids is 1. The summed E-state index contributed by atoms with van der Waals surface area (Å²) >= 11 is 0. The molecule has 7 nitrogen and oxygen atoms in total. The van der Waals surface area contributed by atoms with Crippen LogP contribution in [0.25, 0.3) is 0 Å². The fourth-order valence-corrected chi connectivity index (χ4v) is 2.32. The van der Waals surface area contributed by atoms with Gasteiger partial charge in [0.25, 0.3) is 5.91 Å². The second-order valence-corrected chi connectivity index (χ2v) is 5.81. The molecule has 140 valence electrons. The second kappa shape index (κ2) is 8.94. The fourth-order valence-electron chi connectivity index (χ4n) is 2.32. The Bertz CT molecular complexity index is 767. The number of methoxy groups -OCH3 is 1. The molecule has 1 heterocycles. The molecule has 2 aromatic rings. The highest BCUT2D eigenvalue weighted by Crippen LogP contribution is 2.30. The van der Waals surface area contributed by atoms with Crippen molar-refractivity contribution in [3.05, 3.63) is 47.4 Å². The molecule has 26 heavy (non-hydrogen) atoms. The van der Waals surface area contributed by atoms with Crippen LogP contribution in [0.1, 0.15) is 59.2 Å². The number of carboxylic acid groups (broad SMARTS) is 1. The van der Waals surface area contributed by atoms with Crippen LogP contribution < -0.4 is 14.8 Å². The van der Waals surface area contributed by atoms with Crippen LogP contribution in [0.4, 0.5) is 0 Å². The van der Waals surface area contributed by atoms with Crippen molar-refractivity contribution in [3.8, 4) is 11.5 Å². The normalized spacial score (nSPS) is 11.7. The van der Waals surface area contributed by atoms with Gasteiger partial charge in [-0.05, 0) is 31.0 Å². The summed E-state index contributed by atoms with van der Waals surface area (Å²) < 4.78 is 16.1. The molecule has 1 aromatic carbocycles. The number of aromatic carboxylic acids is 1. The number of rotatable bonds is 9. The first-order valence-electron chi connectivity index (χ1n) is 8.39. The number of ether oxygens (including phenoxy) is 2. The molecule has 0 radical (unpaired) electrons. The van der Waals surface area contributed by atoms with E-state index in [9.17, 15) is 9.59 Å². The van der Waals surface area contributed by atoms with Gasteiger partial charge in [0.15, 0.2) is 17.3 Å². The number of unbranched alkanes of at least 4 members (excludes halogenated alkanes) is 1. The first kappa shape index (κ1) is 19.4. The molecule has 0 fully saturated rings. The molecule has 2 N–H and O–H groups in total. The zero-order valence-corrected chi connectivity index (χ0v) is 15.1. The fraction of sp³-hybridized carbons (Fsp3) is 0.368. The summed E-state index contributed by atoms with van der Waals surface area (Å²) in [5.41, 5.74) is 0.751. The molecule has 1 aromatic heterocycles. The average Bonchev–Trinajstić information content (AvgIpc) is 3.12. The molecule has 1 unspecified atom stereocenters. The largest absolute Gasteiger partial charge is 0.493 e. The molecule has 2 rings (SSSR count). The molecule has 1 amide bonds. The topological polar surface area (TPSA) is 98.0 Å². The third-order valence-electron chi connectivity index (χ3n) is 3.86. The quantitative estimate of drug-likeness (QED) is 0.662. The zero-order valence-electron chi connectivity index (χ0n) is 15.1. The highest BCUT2D eigenvalue weighted by atomic mass is 16.5. The highest BCUT2D eigenvalue weighted by Gasteiger charge is 2.18. The first-order chi connectivity index (χ1) is 12.5. The van der Waals surface area contributed by atoms with E-state index < -0.39 is 11.9 Å². The lowest BCUT2D eigenvalue weighted by Crippen LogP contribution is -2.26. The Hall–Kier alpha value is -2.96. The SMILES string of the molecule is CCCCOc1ccc(C(C)NC(=O)c2cc(C(=O)O)co2)cc1OC. The van der Waals surface area contributed by atoms with Crippen LogP contribution in [0.5, 0.6) is 11.5 Å². The summed E-state index contributed by atoms with van der Waals surface area (Å²) in [5, 5.41) is 11.6. The van der Waals surface area contributed by atoms with Crippen LogP contribution in [-0.4, -0.2) is 30.7 Å². The van der Waals surface area contributed by atoms with E-state index in [1.807, 2.05) is 19.1 Å². The Balaban J connectivity index is 2.06. The number of carboxylic acids is 1. The number of furan rings is 1. The van der Waals surface area contributed by atoms with Gasteiger partial charge < -0.3 is 24.3 Å². The van der Waals surface area contributed by atoms with Gasteiger partial charge in [-0.2, -0.15) is 0 Å². The Morgan fingerprint density at radius 1 is 1.27 bits per heavy atom. The summed E-state index contributed by atoms with van der Waals surface area (Å²) in [6.45, 7) is 4.51. The van der Waals surface area contributed by atoms with Gasteiger partial charge in [0, 0.05) is 6.07 Å². The predicted octanol–water partition coefficient (Wildman–Crippen LogP) is 3.66. The number of benzene rings is 1. The number of carbonyl (C=O) groups is 2. The van der Waals surface area contributed by atoms with Gasteiger partial charge in [0.2, 0.25) is 0 Å². The lowest BCUT2D eigenvalue weighted by atomic mass is 10.1. The summed E-state index contributed by atoms with van der Waals surface area (Å²) in [5.74, 6) is -0.455. The lowest BCUT2D eigenvalue weighted by molar-refractivity contribution is 0.0695. The van der Waals surface area contributed by atoms with Crippen molar-refractivity contribution in [2.24, 2.45) is 0 Å². The van der Waals surface area contributed by atoms with Crippen molar-refractivity contribution >= 4 is 11.9 Å². The zero-order chi connectivity index (χ0) is 19.1. The minimum absolute atomic E-state index is 0.0549. The molecule has 0 aliphatic heterocycles. The van der Waals surface area contributed by atoms with E-state index in [1.165, 1.54) is 6.07 Å².